The highest BCUT2D eigenvalue weighted by Crippen LogP contribution is 2.66. The van der Waals surface area contributed by atoms with Gasteiger partial charge in [-0.05, 0) is 131 Å². The molecule has 6 atom stereocenters. The number of nitro benzene ring substituents is 1. The number of rotatable bonds is 12. The number of carbonyl (C=O) groups is 4. The van der Waals surface area contributed by atoms with Gasteiger partial charge in [-0.1, -0.05) is 90.7 Å². The molecule has 6 aromatic rings. The van der Waals surface area contributed by atoms with Crippen molar-refractivity contribution in [3.05, 3.63) is 206 Å². The summed E-state index contributed by atoms with van der Waals surface area (Å²) >= 11 is 0. The van der Waals surface area contributed by atoms with Crippen LogP contribution in [0.25, 0.3) is 0 Å². The standard InChI is InChI=1S/C62H56N4O12/c1-74-51-35-44-29-30-63(37-46(44)36-52(51)75-2)58(68)53-55-59(69)78-56(43-17-10-5-11-18-43)54(42-15-8-4-9-16-42)65(55)57(45-19-12-20-48(34-45)76-32-31-67)62(53)49-33-40(22-21-39-13-6-3-7-14-39)25-28-50(49)64(60(62)70)61(71)77-38-41-23-26-47(27-24-41)66(72)73/h4-5,8-13,15-20,23-28,33-36,53-57,67H,3,6-7,14,29-32,37-38H2,1-2H3/t53-,54-,55-,56+,57+,62-/m0/s1. The molecule has 396 valence electrons. The molecule has 0 saturated carbocycles. The van der Waals surface area contributed by atoms with Crippen molar-refractivity contribution in [2.24, 2.45) is 5.92 Å². The van der Waals surface area contributed by atoms with Crippen molar-refractivity contribution in [1.82, 2.24) is 9.80 Å². The van der Waals surface area contributed by atoms with Gasteiger partial charge in [-0.2, -0.15) is 0 Å². The number of morpholine rings is 1. The lowest BCUT2D eigenvalue weighted by Gasteiger charge is -2.46. The molecule has 0 radical (unpaired) electrons. The summed E-state index contributed by atoms with van der Waals surface area (Å²) in [5, 5.41) is 21.5. The van der Waals surface area contributed by atoms with E-state index in [1.54, 1.807) is 48.4 Å². The number of benzene rings is 6. The van der Waals surface area contributed by atoms with Crippen LogP contribution in [0.5, 0.6) is 17.2 Å². The Labute approximate surface area is 450 Å². The van der Waals surface area contributed by atoms with E-state index in [0.717, 1.165) is 52.8 Å². The van der Waals surface area contributed by atoms with Gasteiger partial charge in [0, 0.05) is 30.8 Å². The number of fused-ring (bicyclic) bond motifs is 4. The Morgan fingerprint density at radius 3 is 2.21 bits per heavy atom. The molecule has 3 amide bonds. The van der Waals surface area contributed by atoms with Crippen molar-refractivity contribution < 1.29 is 52.9 Å². The second-order valence-corrected chi connectivity index (χ2v) is 20.0. The first-order chi connectivity index (χ1) is 38.0. The van der Waals surface area contributed by atoms with E-state index in [0.29, 0.717) is 45.9 Å². The van der Waals surface area contributed by atoms with Gasteiger partial charge in [0.1, 0.15) is 36.5 Å². The fourth-order valence-electron chi connectivity index (χ4n) is 12.2. The molecule has 0 aromatic heterocycles. The Balaban J connectivity index is 1.17. The van der Waals surface area contributed by atoms with Gasteiger partial charge in [0.15, 0.2) is 11.5 Å². The quantitative estimate of drug-likeness (QED) is 0.0529. The zero-order valence-corrected chi connectivity index (χ0v) is 43.0. The smallest absolute Gasteiger partial charge is 0.421 e. The topological polar surface area (TPSA) is 188 Å². The third kappa shape index (κ3) is 9.18. The highest BCUT2D eigenvalue weighted by Gasteiger charge is 2.76. The molecule has 4 aliphatic heterocycles. The Morgan fingerprint density at radius 2 is 1.51 bits per heavy atom. The first-order valence-corrected chi connectivity index (χ1v) is 26.1. The van der Waals surface area contributed by atoms with Gasteiger partial charge in [-0.25, -0.2) is 9.69 Å². The van der Waals surface area contributed by atoms with E-state index >= 15 is 19.2 Å². The van der Waals surface area contributed by atoms with Crippen molar-refractivity contribution in [1.29, 1.82) is 0 Å². The van der Waals surface area contributed by atoms with Crippen LogP contribution in [0.2, 0.25) is 0 Å². The molecule has 16 nitrogen and oxygen atoms in total. The van der Waals surface area contributed by atoms with E-state index in [1.807, 2.05) is 83.8 Å². The first-order valence-electron chi connectivity index (χ1n) is 26.1. The second-order valence-electron chi connectivity index (χ2n) is 20.0. The van der Waals surface area contributed by atoms with E-state index in [2.05, 4.69) is 17.9 Å². The SMILES string of the molecule is COc1cc2c(cc1OC)CN(C(=O)[C@@H]1[C@H]3C(=O)O[C@H](c4ccccc4)[C@H](c4ccccc4)N3[C@H](c3cccc(OCCO)c3)[C@@]13C(=O)N(C(=O)OCc1ccc([N+](=O)[O-])cc1)c1ccc(C#CC4=CCCCC4)cc13)CC2. The van der Waals surface area contributed by atoms with Crippen LogP contribution in [0, 0.1) is 27.9 Å². The van der Waals surface area contributed by atoms with Gasteiger partial charge in [0.25, 0.3) is 5.69 Å². The zero-order chi connectivity index (χ0) is 54.1. The molecule has 2 saturated heterocycles. The normalized spacial score (nSPS) is 22.2. The molecule has 78 heavy (non-hydrogen) atoms. The molecule has 0 bridgehead atoms. The largest absolute Gasteiger partial charge is 0.493 e. The monoisotopic (exact) mass is 1050 g/mol. The Morgan fingerprint density at radius 1 is 0.795 bits per heavy atom. The molecule has 2 fully saturated rings. The van der Waals surface area contributed by atoms with Gasteiger partial charge in [-0.15, -0.1) is 0 Å². The van der Waals surface area contributed by atoms with Crippen molar-refractivity contribution >= 4 is 35.3 Å². The molecule has 1 spiro atoms. The zero-order valence-electron chi connectivity index (χ0n) is 43.0. The molecular formula is C62H56N4O12. The first kappa shape index (κ1) is 51.3. The van der Waals surface area contributed by atoms with Gasteiger partial charge < -0.3 is 33.7 Å². The van der Waals surface area contributed by atoms with Crippen LogP contribution in [-0.4, -0.2) is 83.7 Å². The number of methoxy groups -OCH3 is 2. The van der Waals surface area contributed by atoms with Crippen molar-refractivity contribution in [2.45, 2.75) is 74.9 Å². The number of carbonyl (C=O) groups excluding carboxylic acids is 4. The Bertz CT molecular complexity index is 3410. The number of aliphatic hydroxyl groups is 1. The maximum absolute atomic E-state index is 17.0. The summed E-state index contributed by atoms with van der Waals surface area (Å²) < 4.78 is 30.2. The number of non-ortho nitro benzene ring substituents is 1. The number of aliphatic hydroxyl groups excluding tert-OH is 1. The third-order valence-electron chi connectivity index (χ3n) is 15.6. The molecule has 0 unspecified atom stereocenters. The highest BCUT2D eigenvalue weighted by atomic mass is 16.6. The minimum Gasteiger partial charge on any atom is -0.493 e. The molecule has 6 aromatic carbocycles. The lowest BCUT2D eigenvalue weighted by Crippen LogP contribution is -2.57. The van der Waals surface area contributed by atoms with Gasteiger partial charge in [0.2, 0.25) is 11.8 Å². The summed E-state index contributed by atoms with van der Waals surface area (Å²) in [6, 6.07) is 36.7. The van der Waals surface area contributed by atoms with E-state index < -0.39 is 64.4 Å². The number of nitrogens with zero attached hydrogens (tertiary/aromatic N) is 4. The van der Waals surface area contributed by atoms with Crippen molar-refractivity contribution in [3.8, 4) is 29.1 Å². The minimum atomic E-state index is -2.13. The molecule has 16 heteroatoms. The Hall–Kier alpha value is -8.78. The molecular weight excluding hydrogens is 993 g/mol. The molecule has 4 heterocycles. The van der Waals surface area contributed by atoms with E-state index in [-0.39, 0.29) is 49.8 Å². The number of nitro groups is 1. The lowest BCUT2D eigenvalue weighted by molar-refractivity contribution is -0.384. The number of hydrogen-bond acceptors (Lipinski definition) is 13. The van der Waals surface area contributed by atoms with Crippen LogP contribution in [0.4, 0.5) is 16.2 Å². The van der Waals surface area contributed by atoms with Crippen LogP contribution in [0.3, 0.4) is 0 Å². The molecule has 11 rings (SSSR count). The average Bonchev–Trinajstić information content (AvgIpc) is 3.97. The fourth-order valence-corrected chi connectivity index (χ4v) is 12.2. The van der Waals surface area contributed by atoms with E-state index in [9.17, 15) is 15.2 Å². The van der Waals surface area contributed by atoms with Crippen LogP contribution >= 0.6 is 0 Å². The number of amides is 3. The Kier molecular flexibility index (Phi) is 14.3. The predicted molar refractivity (Wildman–Crippen MR) is 286 cm³/mol. The summed E-state index contributed by atoms with van der Waals surface area (Å²) in [6.45, 7) is -0.430. The number of hydrogen-bond donors (Lipinski definition) is 1. The summed E-state index contributed by atoms with van der Waals surface area (Å²) in [5.74, 6) is 4.36. The summed E-state index contributed by atoms with van der Waals surface area (Å²) in [5.41, 5.74) is 3.58. The van der Waals surface area contributed by atoms with Crippen molar-refractivity contribution in [2.75, 3.05) is 38.9 Å². The highest BCUT2D eigenvalue weighted by molar-refractivity contribution is 6.23. The molecule has 1 aliphatic carbocycles. The second kappa shape index (κ2) is 21.7. The minimum absolute atomic E-state index is 0.0521. The van der Waals surface area contributed by atoms with Crippen LogP contribution in [0.1, 0.15) is 88.4 Å². The average molecular weight is 1050 g/mol. The lowest BCUT2D eigenvalue weighted by atomic mass is 9.64. The van der Waals surface area contributed by atoms with Crippen LogP contribution < -0.4 is 19.1 Å². The predicted octanol–water partition coefficient (Wildman–Crippen LogP) is 9.42. The summed E-state index contributed by atoms with van der Waals surface area (Å²) in [6.07, 6.45) is 4.25. The van der Waals surface area contributed by atoms with Crippen LogP contribution in [-0.2, 0) is 48.8 Å². The van der Waals surface area contributed by atoms with Gasteiger partial charge >= 0.3 is 12.1 Å². The number of ether oxygens (including phenoxy) is 5. The fraction of sp³-hybridized carbons (Fsp3) is 0.290. The third-order valence-corrected chi connectivity index (χ3v) is 15.6. The number of imide groups is 1. The number of cyclic esters (lactones) is 1. The maximum atomic E-state index is 17.0. The van der Waals surface area contributed by atoms with E-state index in [1.165, 1.54) is 31.4 Å². The van der Waals surface area contributed by atoms with E-state index in [4.69, 9.17) is 23.7 Å². The number of allylic oxidation sites excluding steroid dienone is 2. The number of esters is 1. The van der Waals surface area contributed by atoms with Gasteiger partial charge in [0.05, 0.1) is 49.4 Å². The summed E-state index contributed by atoms with van der Waals surface area (Å²) in [4.78, 5) is 80.2. The van der Waals surface area contributed by atoms with Gasteiger partial charge in [-0.3, -0.25) is 29.4 Å². The maximum Gasteiger partial charge on any atom is 0.421 e. The molecule has 5 aliphatic rings. The molecule has 1 N–H and O–H groups in total. The summed E-state index contributed by atoms with van der Waals surface area (Å²) in [7, 11) is 3.09. The van der Waals surface area contributed by atoms with Crippen LogP contribution in [0.15, 0.2) is 151 Å². The number of anilines is 1. The van der Waals surface area contributed by atoms with Crippen molar-refractivity contribution in [3.63, 3.8) is 0 Å².